The van der Waals surface area contributed by atoms with Crippen LogP contribution in [0.15, 0.2) is 60.7 Å². The van der Waals surface area contributed by atoms with Crippen molar-refractivity contribution in [2.75, 3.05) is 19.6 Å². The Hall–Kier alpha value is -2.85. The first-order valence-corrected chi connectivity index (χ1v) is 11.9. The van der Waals surface area contributed by atoms with Crippen molar-refractivity contribution in [1.29, 1.82) is 0 Å². The molecule has 0 spiro atoms. The number of hydrogen-bond donors (Lipinski definition) is 0. The molecule has 1 fully saturated rings. The summed E-state index contributed by atoms with van der Waals surface area (Å²) < 4.78 is 6.30. The minimum Gasteiger partial charge on any atom is -0.490 e. The van der Waals surface area contributed by atoms with Gasteiger partial charge in [0.25, 0.3) is 5.91 Å². The first-order chi connectivity index (χ1) is 15.6. The topological polar surface area (TPSA) is 32.8 Å². The van der Waals surface area contributed by atoms with E-state index in [1.165, 1.54) is 11.1 Å². The highest BCUT2D eigenvalue weighted by Crippen LogP contribution is 2.27. The van der Waals surface area contributed by atoms with E-state index in [0.29, 0.717) is 12.6 Å². The van der Waals surface area contributed by atoms with E-state index < -0.39 is 0 Å². The van der Waals surface area contributed by atoms with E-state index in [1.807, 2.05) is 23.1 Å². The number of hydrogen-bond acceptors (Lipinski definition) is 3. The molecule has 0 bridgehead atoms. The molecule has 1 saturated heterocycles. The van der Waals surface area contributed by atoms with E-state index in [2.05, 4.69) is 61.2 Å². The van der Waals surface area contributed by atoms with Crippen LogP contribution in [0.2, 0.25) is 0 Å². The van der Waals surface area contributed by atoms with E-state index >= 15 is 0 Å². The summed E-state index contributed by atoms with van der Waals surface area (Å²) in [5.41, 5.74) is 3.37. The predicted molar refractivity (Wildman–Crippen MR) is 129 cm³/mol. The number of fused-ring (bicyclic) bond motifs is 2. The van der Waals surface area contributed by atoms with Crippen molar-refractivity contribution < 1.29 is 9.53 Å². The molecular weight excluding hydrogens is 396 g/mol. The van der Waals surface area contributed by atoms with Crippen LogP contribution in [0.4, 0.5) is 0 Å². The van der Waals surface area contributed by atoms with Crippen molar-refractivity contribution in [2.24, 2.45) is 0 Å². The molecule has 4 nitrogen and oxygen atoms in total. The molecule has 0 N–H and O–H groups in total. The van der Waals surface area contributed by atoms with Crippen LogP contribution in [0.5, 0.6) is 5.75 Å². The molecule has 0 aromatic heterocycles. The van der Waals surface area contributed by atoms with E-state index in [9.17, 15) is 4.79 Å². The Balaban J connectivity index is 1.27. The van der Waals surface area contributed by atoms with Gasteiger partial charge in [0, 0.05) is 37.8 Å². The van der Waals surface area contributed by atoms with Crippen LogP contribution in [-0.2, 0) is 13.0 Å². The Labute approximate surface area is 190 Å². The molecule has 0 aliphatic carbocycles. The SMILES string of the molecule is CC(C)N1CCC(Oc2ccc3cc(C(=O)N4CCc5ccccc5C4)ccc3c2)CC1. The van der Waals surface area contributed by atoms with Crippen LogP contribution < -0.4 is 4.74 Å². The third-order valence-corrected chi connectivity index (χ3v) is 6.99. The summed E-state index contributed by atoms with van der Waals surface area (Å²) >= 11 is 0. The normalized spacial score (nSPS) is 17.5. The third-order valence-electron chi connectivity index (χ3n) is 6.99. The lowest BCUT2D eigenvalue weighted by Gasteiger charge is -2.34. The van der Waals surface area contributed by atoms with Gasteiger partial charge in [0.15, 0.2) is 0 Å². The largest absolute Gasteiger partial charge is 0.490 e. The van der Waals surface area contributed by atoms with Gasteiger partial charge >= 0.3 is 0 Å². The van der Waals surface area contributed by atoms with Gasteiger partial charge in [0.1, 0.15) is 11.9 Å². The smallest absolute Gasteiger partial charge is 0.254 e. The third kappa shape index (κ3) is 4.37. The Morgan fingerprint density at radius 3 is 2.41 bits per heavy atom. The van der Waals surface area contributed by atoms with Gasteiger partial charge in [-0.2, -0.15) is 0 Å². The summed E-state index contributed by atoms with van der Waals surface area (Å²) in [5.74, 6) is 1.03. The molecule has 2 heterocycles. The summed E-state index contributed by atoms with van der Waals surface area (Å²) in [6.07, 6.45) is 3.35. The highest BCUT2D eigenvalue weighted by molar-refractivity contribution is 5.99. The highest BCUT2D eigenvalue weighted by Gasteiger charge is 2.23. The highest BCUT2D eigenvalue weighted by atomic mass is 16.5. The number of amides is 1. The number of likely N-dealkylation sites (tertiary alicyclic amines) is 1. The minimum absolute atomic E-state index is 0.110. The zero-order valence-corrected chi connectivity index (χ0v) is 19.1. The van der Waals surface area contributed by atoms with Gasteiger partial charge in [-0.1, -0.05) is 36.4 Å². The molecule has 0 unspecified atom stereocenters. The number of rotatable bonds is 4. The first kappa shape index (κ1) is 21.0. The van der Waals surface area contributed by atoms with Gasteiger partial charge < -0.3 is 14.5 Å². The van der Waals surface area contributed by atoms with Crippen molar-refractivity contribution in [3.8, 4) is 5.75 Å². The van der Waals surface area contributed by atoms with Crippen molar-refractivity contribution >= 4 is 16.7 Å². The molecular formula is C28H32N2O2. The fourth-order valence-corrected chi connectivity index (χ4v) is 4.98. The Bertz CT molecular complexity index is 1120. The zero-order chi connectivity index (χ0) is 22.1. The van der Waals surface area contributed by atoms with Crippen LogP contribution in [0.3, 0.4) is 0 Å². The average molecular weight is 429 g/mol. The summed E-state index contributed by atoms with van der Waals surface area (Å²) in [6.45, 7) is 8.18. The number of piperidine rings is 1. The van der Waals surface area contributed by atoms with Gasteiger partial charge in [0.05, 0.1) is 0 Å². The number of benzene rings is 3. The van der Waals surface area contributed by atoms with Gasteiger partial charge in [-0.25, -0.2) is 0 Å². The molecule has 2 aliphatic heterocycles. The lowest BCUT2D eigenvalue weighted by molar-refractivity contribution is 0.0735. The second-order valence-corrected chi connectivity index (χ2v) is 9.42. The van der Waals surface area contributed by atoms with E-state index in [4.69, 9.17) is 4.74 Å². The standard InChI is InChI=1S/C28H32N2O2/c1-20(2)29-15-12-26(13-16-29)32-27-10-9-22-17-24(8-7-23(22)18-27)28(31)30-14-11-21-5-3-4-6-25(21)19-30/h3-10,17-18,20,26H,11-16,19H2,1-2H3. The van der Waals surface area contributed by atoms with Crippen LogP contribution >= 0.6 is 0 Å². The maximum Gasteiger partial charge on any atom is 0.254 e. The minimum atomic E-state index is 0.110. The van der Waals surface area contributed by atoms with Crippen LogP contribution in [0, 0.1) is 0 Å². The maximum absolute atomic E-state index is 13.2. The number of nitrogens with zero attached hydrogens (tertiary/aromatic N) is 2. The Kier molecular flexibility index (Phi) is 5.88. The van der Waals surface area contributed by atoms with Crippen LogP contribution in [0.1, 0.15) is 48.2 Å². The monoisotopic (exact) mass is 428 g/mol. The van der Waals surface area contributed by atoms with Gasteiger partial charge in [-0.05, 0) is 79.3 Å². The number of carbonyl (C=O) groups is 1. The van der Waals surface area contributed by atoms with Crippen molar-refractivity contribution in [3.05, 3.63) is 77.4 Å². The second kappa shape index (κ2) is 8.95. The Morgan fingerprint density at radius 2 is 1.62 bits per heavy atom. The quantitative estimate of drug-likeness (QED) is 0.566. The molecule has 2 aliphatic rings. The summed E-state index contributed by atoms with van der Waals surface area (Å²) in [5, 5.41) is 2.19. The molecule has 4 heteroatoms. The van der Waals surface area contributed by atoms with Gasteiger partial charge in [-0.3, -0.25) is 4.79 Å². The molecule has 0 radical (unpaired) electrons. The molecule has 3 aromatic rings. The molecule has 3 aromatic carbocycles. The predicted octanol–water partition coefficient (Wildman–Crippen LogP) is 5.29. The second-order valence-electron chi connectivity index (χ2n) is 9.42. The molecule has 0 saturated carbocycles. The average Bonchev–Trinajstić information content (AvgIpc) is 2.83. The van der Waals surface area contributed by atoms with Crippen molar-refractivity contribution in [2.45, 2.75) is 51.8 Å². The number of ether oxygens (including phenoxy) is 1. The van der Waals surface area contributed by atoms with Crippen molar-refractivity contribution in [3.63, 3.8) is 0 Å². The summed E-state index contributed by atoms with van der Waals surface area (Å²) in [6, 6.07) is 21.3. The fraction of sp³-hybridized carbons (Fsp3) is 0.393. The summed E-state index contributed by atoms with van der Waals surface area (Å²) in [7, 11) is 0. The van der Waals surface area contributed by atoms with Crippen LogP contribution in [0.25, 0.3) is 10.8 Å². The first-order valence-electron chi connectivity index (χ1n) is 11.9. The Morgan fingerprint density at radius 1 is 0.906 bits per heavy atom. The van der Waals surface area contributed by atoms with Gasteiger partial charge in [0.2, 0.25) is 0 Å². The van der Waals surface area contributed by atoms with Gasteiger partial charge in [-0.15, -0.1) is 0 Å². The van der Waals surface area contributed by atoms with E-state index in [0.717, 1.165) is 61.0 Å². The maximum atomic E-state index is 13.2. The zero-order valence-electron chi connectivity index (χ0n) is 19.1. The lowest BCUT2D eigenvalue weighted by atomic mass is 9.99. The van der Waals surface area contributed by atoms with E-state index in [-0.39, 0.29) is 12.0 Å². The molecule has 166 valence electrons. The lowest BCUT2D eigenvalue weighted by Crippen LogP contribution is -2.41. The summed E-state index contributed by atoms with van der Waals surface area (Å²) in [4.78, 5) is 17.6. The van der Waals surface area contributed by atoms with E-state index in [1.54, 1.807) is 0 Å². The molecule has 32 heavy (non-hydrogen) atoms. The van der Waals surface area contributed by atoms with Crippen molar-refractivity contribution in [1.82, 2.24) is 9.80 Å². The van der Waals surface area contributed by atoms with Crippen LogP contribution in [-0.4, -0.2) is 47.5 Å². The molecule has 5 rings (SSSR count). The fourth-order valence-electron chi connectivity index (χ4n) is 4.98. The molecule has 0 atom stereocenters. The molecule has 1 amide bonds. The number of carbonyl (C=O) groups excluding carboxylic acids is 1.